The van der Waals surface area contributed by atoms with Crippen molar-refractivity contribution in [3.05, 3.63) is 52.2 Å². The van der Waals surface area contributed by atoms with Crippen molar-refractivity contribution in [3.63, 3.8) is 0 Å². The van der Waals surface area contributed by atoms with Crippen molar-refractivity contribution in [2.24, 2.45) is 0 Å². The molecule has 0 unspecified atom stereocenters. The topological polar surface area (TPSA) is 87.7 Å². The van der Waals surface area contributed by atoms with Crippen LogP contribution in [0.3, 0.4) is 0 Å². The fourth-order valence-corrected chi connectivity index (χ4v) is 1.98. The smallest absolute Gasteiger partial charge is 0.335 e. The van der Waals surface area contributed by atoms with Gasteiger partial charge in [0.15, 0.2) is 0 Å². The fourth-order valence-electron chi connectivity index (χ4n) is 1.98. The summed E-state index contributed by atoms with van der Waals surface area (Å²) >= 11 is 0. The Morgan fingerprint density at radius 2 is 1.63 bits per heavy atom. The summed E-state index contributed by atoms with van der Waals surface area (Å²) in [6.07, 6.45) is 0. The van der Waals surface area contributed by atoms with Gasteiger partial charge in [-0.3, -0.25) is 4.79 Å². The minimum absolute atomic E-state index is 0.0132. The lowest BCUT2D eigenvalue weighted by atomic mass is 10.1. The molecule has 0 spiro atoms. The van der Waals surface area contributed by atoms with Gasteiger partial charge in [-0.2, -0.15) is 0 Å². The molecule has 0 aliphatic carbocycles. The van der Waals surface area contributed by atoms with Gasteiger partial charge in [0.05, 0.1) is 16.3 Å². The van der Waals surface area contributed by atoms with E-state index in [2.05, 4.69) is 0 Å². The van der Waals surface area contributed by atoms with Crippen molar-refractivity contribution in [3.8, 4) is 5.75 Å². The number of benzene rings is 2. The maximum absolute atomic E-state index is 12.3. The lowest BCUT2D eigenvalue weighted by molar-refractivity contribution is 0.0697. The highest BCUT2D eigenvalue weighted by Crippen LogP contribution is 2.22. The van der Waals surface area contributed by atoms with Gasteiger partial charge >= 0.3 is 5.97 Å². The van der Waals surface area contributed by atoms with Crippen molar-refractivity contribution in [2.45, 2.75) is 0 Å². The van der Waals surface area contributed by atoms with Gasteiger partial charge in [0.1, 0.15) is 16.9 Å². The monoisotopic (exact) mass is 256 g/mol. The third-order valence-electron chi connectivity index (χ3n) is 2.90. The molecule has 0 radical (unpaired) electrons. The lowest BCUT2D eigenvalue weighted by Gasteiger charge is -2.02. The van der Waals surface area contributed by atoms with E-state index in [4.69, 9.17) is 9.52 Å². The molecule has 5 heteroatoms. The Labute approximate surface area is 106 Å². The van der Waals surface area contributed by atoms with Gasteiger partial charge in [-0.05, 0) is 36.4 Å². The normalized spacial score (nSPS) is 10.9. The van der Waals surface area contributed by atoms with Crippen LogP contribution in [0.25, 0.3) is 21.9 Å². The largest absolute Gasteiger partial charge is 0.508 e. The molecule has 0 aliphatic rings. The van der Waals surface area contributed by atoms with Crippen LogP contribution < -0.4 is 5.43 Å². The average molecular weight is 256 g/mol. The summed E-state index contributed by atoms with van der Waals surface area (Å²) < 4.78 is 5.51. The first-order valence-electron chi connectivity index (χ1n) is 5.49. The Hall–Kier alpha value is -2.82. The van der Waals surface area contributed by atoms with Gasteiger partial charge in [0, 0.05) is 0 Å². The van der Waals surface area contributed by atoms with Gasteiger partial charge in [-0.25, -0.2) is 4.79 Å². The van der Waals surface area contributed by atoms with E-state index in [-0.39, 0.29) is 27.5 Å². The number of carbonyl (C=O) groups is 1. The first kappa shape index (κ1) is 11.3. The van der Waals surface area contributed by atoms with E-state index in [0.29, 0.717) is 11.2 Å². The number of fused-ring (bicyclic) bond motifs is 2. The summed E-state index contributed by atoms with van der Waals surface area (Å²) in [7, 11) is 0. The first-order valence-corrected chi connectivity index (χ1v) is 5.49. The van der Waals surface area contributed by atoms with Crippen LogP contribution in [-0.4, -0.2) is 16.2 Å². The van der Waals surface area contributed by atoms with E-state index in [9.17, 15) is 14.7 Å². The summed E-state index contributed by atoms with van der Waals surface area (Å²) in [6.45, 7) is 0. The molecule has 2 aromatic carbocycles. The van der Waals surface area contributed by atoms with Crippen LogP contribution in [0.2, 0.25) is 0 Å². The number of carboxylic acids is 1. The highest BCUT2D eigenvalue weighted by atomic mass is 16.4. The van der Waals surface area contributed by atoms with Crippen LogP contribution >= 0.6 is 0 Å². The summed E-state index contributed by atoms with van der Waals surface area (Å²) in [6, 6.07) is 8.31. The van der Waals surface area contributed by atoms with E-state index in [1.54, 1.807) is 0 Å². The van der Waals surface area contributed by atoms with Crippen molar-refractivity contribution < 1.29 is 19.4 Å². The van der Waals surface area contributed by atoms with Gasteiger partial charge in [0.25, 0.3) is 0 Å². The Morgan fingerprint density at radius 1 is 1.00 bits per heavy atom. The van der Waals surface area contributed by atoms with Gasteiger partial charge in [-0.15, -0.1) is 0 Å². The number of aromatic carboxylic acids is 1. The SMILES string of the molecule is O=C(O)c1ccc2oc3ccc(O)cc3c(=O)c2c1. The molecule has 3 rings (SSSR count). The van der Waals surface area contributed by atoms with Crippen LogP contribution in [0, 0.1) is 0 Å². The van der Waals surface area contributed by atoms with Crippen LogP contribution in [0.1, 0.15) is 10.4 Å². The molecular weight excluding hydrogens is 248 g/mol. The molecule has 0 atom stereocenters. The predicted molar refractivity (Wildman–Crippen MR) is 68.6 cm³/mol. The number of hydrogen-bond donors (Lipinski definition) is 2. The van der Waals surface area contributed by atoms with Gasteiger partial charge < -0.3 is 14.6 Å². The summed E-state index contributed by atoms with van der Waals surface area (Å²) in [5, 5.41) is 18.7. The van der Waals surface area contributed by atoms with E-state index in [1.807, 2.05) is 0 Å². The molecule has 0 fully saturated rings. The number of phenolic OH excluding ortho intramolecular Hbond substituents is 1. The van der Waals surface area contributed by atoms with Crippen LogP contribution in [0.5, 0.6) is 5.75 Å². The van der Waals surface area contributed by atoms with E-state index in [0.717, 1.165) is 0 Å². The molecule has 19 heavy (non-hydrogen) atoms. The number of rotatable bonds is 1. The molecule has 0 saturated heterocycles. The van der Waals surface area contributed by atoms with Crippen molar-refractivity contribution >= 4 is 27.9 Å². The van der Waals surface area contributed by atoms with E-state index in [1.165, 1.54) is 36.4 Å². The molecule has 3 aromatic rings. The Kier molecular flexibility index (Phi) is 2.28. The van der Waals surface area contributed by atoms with Crippen LogP contribution in [-0.2, 0) is 0 Å². The van der Waals surface area contributed by atoms with Crippen molar-refractivity contribution in [1.82, 2.24) is 0 Å². The van der Waals surface area contributed by atoms with Gasteiger partial charge in [-0.1, -0.05) is 0 Å². The van der Waals surface area contributed by atoms with E-state index < -0.39 is 5.97 Å². The Balaban J connectivity index is 2.48. The molecule has 0 amide bonds. The molecule has 0 saturated carbocycles. The summed E-state index contributed by atoms with van der Waals surface area (Å²) in [5.41, 5.74) is 0.307. The van der Waals surface area contributed by atoms with Gasteiger partial charge in [0.2, 0.25) is 5.43 Å². The molecule has 0 aliphatic heterocycles. The second kappa shape index (κ2) is 3.84. The number of hydrogen-bond acceptors (Lipinski definition) is 4. The zero-order valence-corrected chi connectivity index (χ0v) is 9.58. The molecule has 5 nitrogen and oxygen atoms in total. The maximum atomic E-state index is 12.3. The van der Waals surface area contributed by atoms with Crippen molar-refractivity contribution in [2.75, 3.05) is 0 Å². The highest BCUT2D eigenvalue weighted by Gasteiger charge is 2.11. The molecule has 94 valence electrons. The first-order chi connectivity index (χ1) is 9.06. The quantitative estimate of drug-likeness (QED) is 0.652. The second-order valence-electron chi connectivity index (χ2n) is 4.13. The zero-order valence-electron chi connectivity index (χ0n) is 9.58. The average Bonchev–Trinajstić information content (AvgIpc) is 2.39. The number of phenols is 1. The fraction of sp³-hybridized carbons (Fsp3) is 0. The molecule has 1 aromatic heterocycles. The summed E-state index contributed by atoms with van der Waals surface area (Å²) in [4.78, 5) is 23.2. The molecule has 0 bridgehead atoms. The third-order valence-corrected chi connectivity index (χ3v) is 2.90. The standard InChI is InChI=1S/C14H8O5/c15-8-2-4-12-10(6-8)13(16)9-5-7(14(17)18)1-3-11(9)19-12/h1-6,15H,(H,17,18). The van der Waals surface area contributed by atoms with E-state index >= 15 is 0 Å². The number of carboxylic acid groups (broad SMARTS) is 1. The number of aromatic hydroxyl groups is 1. The molecular formula is C14H8O5. The van der Waals surface area contributed by atoms with Crippen LogP contribution in [0.15, 0.2) is 45.6 Å². The maximum Gasteiger partial charge on any atom is 0.335 e. The minimum Gasteiger partial charge on any atom is -0.508 e. The predicted octanol–water partition coefficient (Wildman–Crippen LogP) is 2.35. The molecule has 1 heterocycles. The third kappa shape index (κ3) is 1.72. The highest BCUT2D eigenvalue weighted by molar-refractivity contribution is 5.96. The van der Waals surface area contributed by atoms with Crippen molar-refractivity contribution in [1.29, 1.82) is 0 Å². The summed E-state index contributed by atoms with van der Waals surface area (Å²) in [5.74, 6) is -1.16. The minimum atomic E-state index is -1.11. The Bertz CT molecular complexity index is 876. The second-order valence-corrected chi connectivity index (χ2v) is 4.13. The Morgan fingerprint density at radius 3 is 2.32 bits per heavy atom. The van der Waals surface area contributed by atoms with Crippen LogP contribution in [0.4, 0.5) is 0 Å². The lowest BCUT2D eigenvalue weighted by Crippen LogP contribution is -2.04. The zero-order chi connectivity index (χ0) is 13.6. The molecule has 2 N–H and O–H groups in total.